The fourth-order valence-electron chi connectivity index (χ4n) is 2.89. The summed E-state index contributed by atoms with van der Waals surface area (Å²) in [7, 11) is 0. The van der Waals surface area contributed by atoms with Crippen LogP contribution in [0, 0.1) is 0 Å². The summed E-state index contributed by atoms with van der Waals surface area (Å²) < 4.78 is 0. The van der Waals surface area contributed by atoms with Crippen molar-refractivity contribution in [1.82, 2.24) is 0 Å². The molecule has 1 aromatic rings. The number of unbranched alkanes of at least 4 members (excludes halogenated alkanes) is 9. The summed E-state index contributed by atoms with van der Waals surface area (Å²) in [5, 5.41) is 2.49. The van der Waals surface area contributed by atoms with Gasteiger partial charge in [0.15, 0.2) is 0 Å². The van der Waals surface area contributed by atoms with Crippen LogP contribution in [0.2, 0.25) is 0 Å². The first kappa shape index (κ1) is 18.2. The summed E-state index contributed by atoms with van der Waals surface area (Å²) in [6.07, 6.45) is 14.2. The van der Waals surface area contributed by atoms with Gasteiger partial charge in [0.1, 0.15) is 6.04 Å². The highest BCUT2D eigenvalue weighted by Gasteiger charge is 2.06. The molecule has 0 bridgehead atoms. The average molecular weight is 291 g/mol. The summed E-state index contributed by atoms with van der Waals surface area (Å²) >= 11 is 0. The third kappa shape index (κ3) is 9.68. The smallest absolute Gasteiger partial charge is 0.109 e. The highest BCUT2D eigenvalue weighted by Crippen LogP contribution is 2.10. The first-order chi connectivity index (χ1) is 10.3. The molecule has 0 radical (unpaired) electrons. The highest BCUT2D eigenvalue weighted by atomic mass is 14.9. The number of quaternary nitrogens is 1. The summed E-state index contributed by atoms with van der Waals surface area (Å²) in [5.41, 5.74) is 1.45. The quantitative estimate of drug-likeness (QED) is 0.479. The Morgan fingerprint density at radius 1 is 0.762 bits per heavy atom. The van der Waals surface area contributed by atoms with E-state index in [0.29, 0.717) is 6.04 Å². The van der Waals surface area contributed by atoms with E-state index in [1.54, 1.807) is 0 Å². The minimum Gasteiger partial charge on any atom is -0.340 e. The lowest BCUT2D eigenvalue weighted by Crippen LogP contribution is -2.84. The van der Waals surface area contributed by atoms with Crippen molar-refractivity contribution in [3.8, 4) is 0 Å². The molecule has 0 aromatic heterocycles. The molecule has 1 nitrogen and oxygen atoms in total. The van der Waals surface area contributed by atoms with Gasteiger partial charge in [-0.15, -0.1) is 0 Å². The van der Waals surface area contributed by atoms with Gasteiger partial charge in [-0.25, -0.2) is 0 Å². The van der Waals surface area contributed by atoms with Crippen LogP contribution in [-0.4, -0.2) is 6.54 Å². The Balaban J connectivity index is 1.86. The molecule has 120 valence electrons. The van der Waals surface area contributed by atoms with Crippen LogP contribution in [0.5, 0.6) is 0 Å². The Morgan fingerprint density at radius 3 is 1.86 bits per heavy atom. The Kier molecular flexibility index (Phi) is 11.2. The Morgan fingerprint density at radius 2 is 1.29 bits per heavy atom. The predicted molar refractivity (Wildman–Crippen MR) is 93.5 cm³/mol. The summed E-state index contributed by atoms with van der Waals surface area (Å²) in [5.74, 6) is 0. The number of nitrogens with two attached hydrogens (primary N) is 1. The highest BCUT2D eigenvalue weighted by molar-refractivity contribution is 5.16. The molecular weight excluding hydrogens is 254 g/mol. The van der Waals surface area contributed by atoms with Crippen LogP contribution in [0.4, 0.5) is 0 Å². The maximum atomic E-state index is 2.49. The second-order valence-electron chi connectivity index (χ2n) is 6.41. The van der Waals surface area contributed by atoms with Gasteiger partial charge in [-0.05, 0) is 19.8 Å². The van der Waals surface area contributed by atoms with Crippen molar-refractivity contribution < 1.29 is 5.32 Å². The Labute approximate surface area is 132 Å². The lowest BCUT2D eigenvalue weighted by molar-refractivity contribution is -0.693. The molecule has 0 saturated carbocycles. The number of hydrogen-bond acceptors (Lipinski definition) is 0. The zero-order valence-electron chi connectivity index (χ0n) is 14.3. The van der Waals surface area contributed by atoms with E-state index >= 15 is 0 Å². The molecule has 0 saturated heterocycles. The van der Waals surface area contributed by atoms with Gasteiger partial charge in [0.25, 0.3) is 0 Å². The molecule has 0 heterocycles. The molecule has 0 spiro atoms. The van der Waals surface area contributed by atoms with Gasteiger partial charge >= 0.3 is 0 Å². The average Bonchev–Trinajstić information content (AvgIpc) is 2.53. The van der Waals surface area contributed by atoms with Crippen molar-refractivity contribution >= 4 is 0 Å². The molecule has 0 unspecified atom stereocenters. The number of rotatable bonds is 13. The van der Waals surface area contributed by atoms with Gasteiger partial charge < -0.3 is 5.32 Å². The van der Waals surface area contributed by atoms with Crippen molar-refractivity contribution in [3.05, 3.63) is 35.9 Å². The predicted octanol–water partition coefficient (Wildman–Crippen LogP) is 5.23. The monoisotopic (exact) mass is 290 g/mol. The van der Waals surface area contributed by atoms with Crippen LogP contribution >= 0.6 is 0 Å². The van der Waals surface area contributed by atoms with Crippen molar-refractivity contribution in [3.63, 3.8) is 0 Å². The van der Waals surface area contributed by atoms with E-state index in [9.17, 15) is 0 Å². The zero-order valence-corrected chi connectivity index (χ0v) is 14.3. The lowest BCUT2D eigenvalue weighted by atomic mass is 10.1. The van der Waals surface area contributed by atoms with E-state index in [0.717, 1.165) is 0 Å². The molecule has 0 aliphatic heterocycles. The molecule has 2 N–H and O–H groups in total. The minimum atomic E-state index is 0.602. The van der Waals surface area contributed by atoms with E-state index in [1.165, 1.54) is 76.3 Å². The molecular formula is C20H36N+. The third-order valence-corrected chi connectivity index (χ3v) is 4.40. The minimum absolute atomic E-state index is 0.602. The molecule has 0 aliphatic carbocycles. The van der Waals surface area contributed by atoms with Gasteiger partial charge in [-0.1, -0.05) is 88.6 Å². The van der Waals surface area contributed by atoms with Crippen molar-refractivity contribution in [2.45, 2.75) is 84.1 Å². The molecule has 1 aromatic carbocycles. The van der Waals surface area contributed by atoms with Gasteiger partial charge in [0.05, 0.1) is 6.54 Å². The topological polar surface area (TPSA) is 16.6 Å². The van der Waals surface area contributed by atoms with Crippen molar-refractivity contribution in [1.29, 1.82) is 0 Å². The fourth-order valence-corrected chi connectivity index (χ4v) is 2.89. The second kappa shape index (κ2) is 12.9. The van der Waals surface area contributed by atoms with E-state index < -0.39 is 0 Å². The molecule has 1 heteroatoms. The molecule has 1 atom stereocenters. The SMILES string of the molecule is CCCCCCCCCCCC[NH2+][C@@H](C)c1ccccc1. The molecule has 0 amide bonds. The van der Waals surface area contributed by atoms with Crippen LogP contribution in [0.15, 0.2) is 30.3 Å². The summed E-state index contributed by atoms with van der Waals surface area (Å²) in [4.78, 5) is 0. The molecule has 0 fully saturated rings. The second-order valence-corrected chi connectivity index (χ2v) is 6.41. The Hall–Kier alpha value is -0.820. The first-order valence-corrected chi connectivity index (χ1v) is 9.23. The van der Waals surface area contributed by atoms with Crippen LogP contribution in [0.3, 0.4) is 0 Å². The largest absolute Gasteiger partial charge is 0.340 e. The maximum Gasteiger partial charge on any atom is 0.109 e. The number of benzene rings is 1. The van der Waals surface area contributed by atoms with Crippen LogP contribution in [0.1, 0.15) is 89.7 Å². The van der Waals surface area contributed by atoms with Crippen molar-refractivity contribution in [2.24, 2.45) is 0 Å². The Bertz CT molecular complexity index is 320. The summed E-state index contributed by atoms with van der Waals surface area (Å²) in [6.45, 7) is 5.87. The normalized spacial score (nSPS) is 12.5. The van der Waals surface area contributed by atoms with Crippen LogP contribution in [0.25, 0.3) is 0 Å². The van der Waals surface area contributed by atoms with Gasteiger partial charge in [-0.2, -0.15) is 0 Å². The summed E-state index contributed by atoms with van der Waals surface area (Å²) in [6, 6.07) is 11.4. The van der Waals surface area contributed by atoms with E-state index in [4.69, 9.17) is 0 Å². The lowest BCUT2D eigenvalue weighted by Gasteiger charge is -2.10. The third-order valence-electron chi connectivity index (χ3n) is 4.40. The molecule has 0 aliphatic rings. The maximum absolute atomic E-state index is 2.49. The zero-order chi connectivity index (χ0) is 15.2. The first-order valence-electron chi connectivity index (χ1n) is 9.23. The van der Waals surface area contributed by atoms with E-state index in [2.05, 4.69) is 49.5 Å². The van der Waals surface area contributed by atoms with Gasteiger partial charge in [0, 0.05) is 5.56 Å². The van der Waals surface area contributed by atoms with Crippen LogP contribution in [-0.2, 0) is 0 Å². The van der Waals surface area contributed by atoms with Gasteiger partial charge in [-0.3, -0.25) is 0 Å². The van der Waals surface area contributed by atoms with E-state index in [-0.39, 0.29) is 0 Å². The van der Waals surface area contributed by atoms with Crippen LogP contribution < -0.4 is 5.32 Å². The van der Waals surface area contributed by atoms with Crippen molar-refractivity contribution in [2.75, 3.05) is 6.54 Å². The van der Waals surface area contributed by atoms with E-state index in [1.807, 2.05) is 0 Å². The fraction of sp³-hybridized carbons (Fsp3) is 0.700. The van der Waals surface area contributed by atoms with Gasteiger partial charge in [0.2, 0.25) is 0 Å². The molecule has 21 heavy (non-hydrogen) atoms. The standard InChI is InChI=1S/C20H35N/c1-3-4-5-6-7-8-9-10-11-15-18-21-19(2)20-16-13-12-14-17-20/h12-14,16-17,19,21H,3-11,15,18H2,1-2H3/p+1/t19-/m0/s1. The number of hydrogen-bond donors (Lipinski definition) is 1. The molecule has 1 rings (SSSR count).